The Hall–Kier alpha value is -6.49. The zero-order valence-corrected chi connectivity index (χ0v) is 29.4. The number of allylic oxidation sites excluding steroid dienone is 2. The predicted molar refractivity (Wildman–Crippen MR) is 225 cm³/mol. The third-order valence-electron chi connectivity index (χ3n) is 10.2. The maximum Gasteiger partial charge on any atom is 0.138 e. The molecule has 0 atom stereocenters. The Morgan fingerprint density at radius 2 is 1.21 bits per heavy atom. The number of thiophene rings is 1. The number of aromatic nitrogens is 2. The summed E-state index contributed by atoms with van der Waals surface area (Å²) in [4.78, 5) is 5.44. The Labute approximate surface area is 305 Å². The third-order valence-corrected chi connectivity index (χ3v) is 11.4. The first-order valence-corrected chi connectivity index (χ1v) is 18.4. The number of aliphatic imine (C=N–C) groups is 1. The molecule has 0 saturated carbocycles. The first-order valence-electron chi connectivity index (χ1n) is 17.6. The van der Waals surface area contributed by atoms with Gasteiger partial charge in [0.25, 0.3) is 0 Å². The van der Waals surface area contributed by atoms with Crippen LogP contribution >= 0.6 is 11.3 Å². The van der Waals surface area contributed by atoms with Crippen molar-refractivity contribution in [3.05, 3.63) is 188 Å². The van der Waals surface area contributed by atoms with E-state index in [0.717, 1.165) is 44.8 Å². The fourth-order valence-electron chi connectivity index (χ4n) is 7.82. The topological polar surface area (TPSA) is 22.2 Å². The van der Waals surface area contributed by atoms with E-state index in [1.165, 1.54) is 47.2 Å². The second-order valence-corrected chi connectivity index (χ2v) is 14.4. The van der Waals surface area contributed by atoms with Crippen LogP contribution in [-0.4, -0.2) is 15.0 Å². The van der Waals surface area contributed by atoms with E-state index < -0.39 is 0 Å². The summed E-state index contributed by atoms with van der Waals surface area (Å²) in [6, 6.07) is 58.4. The third kappa shape index (κ3) is 4.76. The lowest BCUT2D eigenvalue weighted by atomic mass is 10.1. The molecular weight excluding hydrogens is 651 g/mol. The molecule has 3 nitrogen and oxygen atoms in total. The van der Waals surface area contributed by atoms with Gasteiger partial charge in [0.2, 0.25) is 0 Å². The highest BCUT2D eigenvalue weighted by molar-refractivity contribution is 7.25. The van der Waals surface area contributed by atoms with Gasteiger partial charge in [0.1, 0.15) is 5.84 Å². The predicted octanol–water partition coefficient (Wildman–Crippen LogP) is 13.3. The van der Waals surface area contributed by atoms with E-state index in [1.54, 1.807) is 0 Å². The lowest BCUT2D eigenvalue weighted by Gasteiger charge is -2.13. The first-order chi connectivity index (χ1) is 25.6. The molecule has 0 spiro atoms. The molecule has 0 aliphatic rings. The number of hydrogen-bond donors (Lipinski definition) is 0. The molecular formula is C48H33N3S. The van der Waals surface area contributed by atoms with Gasteiger partial charge in [0, 0.05) is 47.4 Å². The van der Waals surface area contributed by atoms with Crippen molar-refractivity contribution in [3.63, 3.8) is 0 Å². The SMILES string of the molecule is C=C(N=C(/C=C(\C)c1ccccc1)n1c2cc3c(cc2c2ccc4c(c5ccccc5n4-c4ccccc4)c21)sc1ccccc13)c1ccccc1. The Bertz CT molecular complexity index is 3070. The summed E-state index contributed by atoms with van der Waals surface area (Å²) in [5.74, 6) is 0.818. The molecule has 0 N–H and O–H groups in total. The normalized spacial score (nSPS) is 12.6. The molecule has 0 fully saturated rings. The standard InChI is InChI=1S/C48H33N3S/c1-31(33-16-6-3-7-17-33)28-46(49-32(2)34-18-8-4-9-19-34)51-43-29-40-36-22-13-15-25-44(36)52-45(40)30-39(43)37-26-27-42-47(48(37)51)38-23-12-14-24-41(38)50(42)35-20-10-5-11-21-35/h3-30H,2H2,1H3/b31-28+,49-46?. The first kappa shape index (κ1) is 30.3. The van der Waals surface area contributed by atoms with E-state index in [0.29, 0.717) is 5.70 Å². The van der Waals surface area contributed by atoms with E-state index in [4.69, 9.17) is 4.99 Å². The lowest BCUT2D eigenvalue weighted by Crippen LogP contribution is -2.10. The van der Waals surface area contributed by atoms with E-state index in [9.17, 15) is 0 Å². The Kier molecular flexibility index (Phi) is 7.05. The molecule has 0 aliphatic heterocycles. The zero-order chi connectivity index (χ0) is 34.8. The van der Waals surface area contributed by atoms with Crippen molar-refractivity contribution in [2.24, 2.45) is 4.99 Å². The number of benzene rings is 7. The Morgan fingerprint density at radius 3 is 1.98 bits per heavy atom. The second-order valence-electron chi connectivity index (χ2n) is 13.3. The quantitative estimate of drug-likeness (QED) is 0.127. The summed E-state index contributed by atoms with van der Waals surface area (Å²) < 4.78 is 7.37. The monoisotopic (exact) mass is 683 g/mol. The average Bonchev–Trinajstić information content (AvgIpc) is 3.84. The van der Waals surface area contributed by atoms with Gasteiger partial charge in [-0.2, -0.15) is 0 Å². The smallest absolute Gasteiger partial charge is 0.138 e. The summed E-state index contributed by atoms with van der Waals surface area (Å²) in [6.45, 7) is 6.69. The van der Waals surface area contributed by atoms with Crippen LogP contribution < -0.4 is 0 Å². The highest BCUT2D eigenvalue weighted by atomic mass is 32.1. The van der Waals surface area contributed by atoms with Crippen LogP contribution in [-0.2, 0) is 0 Å². The fraction of sp³-hybridized carbons (Fsp3) is 0.0208. The van der Waals surface area contributed by atoms with Gasteiger partial charge in [0.15, 0.2) is 0 Å². The molecule has 0 unspecified atom stereocenters. The summed E-state index contributed by atoms with van der Waals surface area (Å²) in [5, 5.41) is 7.33. The zero-order valence-electron chi connectivity index (χ0n) is 28.6. The van der Waals surface area contributed by atoms with Crippen LogP contribution in [0.4, 0.5) is 0 Å². The maximum atomic E-state index is 5.44. The molecule has 7 aromatic carbocycles. The molecule has 3 heterocycles. The molecule has 10 rings (SSSR count). The number of nitrogens with zero attached hydrogens (tertiary/aromatic N) is 3. The minimum atomic E-state index is 0.712. The number of hydrogen-bond acceptors (Lipinski definition) is 2. The molecule has 0 radical (unpaired) electrons. The van der Waals surface area contributed by atoms with Crippen molar-refractivity contribution in [2.45, 2.75) is 6.92 Å². The minimum absolute atomic E-state index is 0.712. The molecule has 52 heavy (non-hydrogen) atoms. The van der Waals surface area contributed by atoms with Gasteiger partial charge < -0.3 is 4.57 Å². The van der Waals surface area contributed by atoms with Crippen molar-refractivity contribution in [1.29, 1.82) is 0 Å². The number of para-hydroxylation sites is 2. The molecule has 246 valence electrons. The van der Waals surface area contributed by atoms with Gasteiger partial charge in [-0.3, -0.25) is 4.57 Å². The number of fused-ring (bicyclic) bond motifs is 10. The van der Waals surface area contributed by atoms with Gasteiger partial charge >= 0.3 is 0 Å². The number of rotatable bonds is 5. The summed E-state index contributed by atoms with van der Waals surface area (Å²) in [7, 11) is 0. The van der Waals surface area contributed by atoms with Gasteiger partial charge in [-0.15, -0.1) is 11.3 Å². The molecule has 10 aromatic rings. The van der Waals surface area contributed by atoms with Gasteiger partial charge in [-0.05, 0) is 72.2 Å². The van der Waals surface area contributed by atoms with Crippen molar-refractivity contribution >= 4 is 92.2 Å². The minimum Gasteiger partial charge on any atom is -0.309 e. The van der Waals surface area contributed by atoms with Crippen LogP contribution in [0.1, 0.15) is 18.1 Å². The van der Waals surface area contributed by atoms with Crippen LogP contribution in [0, 0.1) is 0 Å². The molecule has 0 aliphatic carbocycles. The highest BCUT2D eigenvalue weighted by Crippen LogP contribution is 2.44. The van der Waals surface area contributed by atoms with Crippen molar-refractivity contribution in [3.8, 4) is 5.69 Å². The summed E-state index contributed by atoms with van der Waals surface area (Å²) in [6.07, 6.45) is 2.23. The van der Waals surface area contributed by atoms with Crippen molar-refractivity contribution < 1.29 is 0 Å². The second kappa shape index (κ2) is 12.1. The Morgan fingerprint density at radius 1 is 0.558 bits per heavy atom. The lowest BCUT2D eigenvalue weighted by molar-refractivity contribution is 1.18. The Balaban J connectivity index is 1.40. The van der Waals surface area contributed by atoms with Crippen molar-refractivity contribution in [1.82, 2.24) is 9.13 Å². The van der Waals surface area contributed by atoms with Crippen molar-refractivity contribution in [2.75, 3.05) is 0 Å². The fourth-order valence-corrected chi connectivity index (χ4v) is 8.95. The van der Waals surface area contributed by atoms with Crippen LogP contribution in [0.3, 0.4) is 0 Å². The summed E-state index contributed by atoms with van der Waals surface area (Å²) >= 11 is 1.86. The van der Waals surface area contributed by atoms with Crippen LogP contribution in [0.15, 0.2) is 181 Å². The maximum absolute atomic E-state index is 5.44. The van der Waals surface area contributed by atoms with Gasteiger partial charge in [0.05, 0.1) is 27.8 Å². The summed E-state index contributed by atoms with van der Waals surface area (Å²) in [5.41, 5.74) is 9.68. The average molecular weight is 684 g/mol. The largest absolute Gasteiger partial charge is 0.309 e. The van der Waals surface area contributed by atoms with E-state index in [2.05, 4.69) is 174 Å². The van der Waals surface area contributed by atoms with Crippen LogP contribution in [0.5, 0.6) is 0 Å². The molecule has 3 aromatic heterocycles. The highest BCUT2D eigenvalue weighted by Gasteiger charge is 2.23. The van der Waals surface area contributed by atoms with Gasteiger partial charge in [-0.1, -0.05) is 128 Å². The molecule has 0 saturated heterocycles. The molecule has 4 heteroatoms. The van der Waals surface area contributed by atoms with E-state index >= 15 is 0 Å². The van der Waals surface area contributed by atoms with E-state index in [1.807, 2.05) is 29.5 Å². The van der Waals surface area contributed by atoms with Crippen LogP contribution in [0.25, 0.3) is 80.7 Å². The molecule has 0 amide bonds. The van der Waals surface area contributed by atoms with E-state index in [-0.39, 0.29) is 0 Å². The van der Waals surface area contributed by atoms with Gasteiger partial charge in [-0.25, -0.2) is 4.99 Å². The molecule has 0 bridgehead atoms. The van der Waals surface area contributed by atoms with Crippen LogP contribution in [0.2, 0.25) is 0 Å².